The van der Waals surface area contributed by atoms with Crippen LogP contribution < -0.4 is 14.4 Å². The van der Waals surface area contributed by atoms with Crippen LogP contribution in [0.25, 0.3) is 28.0 Å². The molecule has 0 bridgehead atoms. The van der Waals surface area contributed by atoms with E-state index >= 15 is 0 Å². The van der Waals surface area contributed by atoms with Gasteiger partial charge in [-0.1, -0.05) is 78.9 Å². The predicted octanol–water partition coefficient (Wildman–Crippen LogP) is 9.81. The molecule has 2 heterocycles. The predicted molar refractivity (Wildman–Crippen MR) is 200 cm³/mol. The average Bonchev–Trinajstić information content (AvgIpc) is 3.35. The quantitative estimate of drug-likeness (QED) is 0.197. The highest BCUT2D eigenvalue weighted by molar-refractivity contribution is 6.08. The van der Waals surface area contributed by atoms with E-state index in [0.717, 1.165) is 46.5 Å². The van der Waals surface area contributed by atoms with Crippen molar-refractivity contribution in [3.63, 3.8) is 0 Å². The zero-order chi connectivity index (χ0) is 33.6. The minimum absolute atomic E-state index is 0.0186. The van der Waals surface area contributed by atoms with Crippen molar-refractivity contribution in [1.82, 2.24) is 4.90 Å². The van der Waals surface area contributed by atoms with Crippen LogP contribution in [0.2, 0.25) is 0 Å². The van der Waals surface area contributed by atoms with E-state index in [9.17, 15) is 0 Å². The van der Waals surface area contributed by atoms with Crippen molar-refractivity contribution in [2.24, 2.45) is 0 Å². The molecule has 1 spiro atoms. The molecule has 0 saturated carbocycles. The van der Waals surface area contributed by atoms with Gasteiger partial charge in [-0.05, 0) is 106 Å². The summed E-state index contributed by atoms with van der Waals surface area (Å²) in [7, 11) is 8.17. The molecule has 1 fully saturated rings. The van der Waals surface area contributed by atoms with E-state index in [-0.39, 0.29) is 16.5 Å². The summed E-state index contributed by atoms with van der Waals surface area (Å²) in [6.07, 6.45) is 6.75. The number of methoxy groups -OCH3 is 1. The average molecular weight is 635 g/mol. The van der Waals surface area contributed by atoms with Gasteiger partial charge in [0.15, 0.2) is 5.60 Å². The normalized spacial score (nSPS) is 21.3. The highest BCUT2D eigenvalue weighted by Gasteiger charge is 2.57. The third kappa shape index (κ3) is 4.24. The summed E-state index contributed by atoms with van der Waals surface area (Å²) in [4.78, 5) is 4.73. The molecule has 1 saturated heterocycles. The van der Waals surface area contributed by atoms with E-state index in [1.807, 2.05) is 12.1 Å². The number of hydrogen-bond acceptors (Lipinski definition) is 4. The Morgan fingerprint density at radius 1 is 0.729 bits per heavy atom. The van der Waals surface area contributed by atoms with Crippen molar-refractivity contribution in [3.8, 4) is 22.6 Å². The Bertz CT molecular complexity index is 2070. The molecule has 8 rings (SSSR count). The molecular weight excluding hydrogens is 588 g/mol. The van der Waals surface area contributed by atoms with Crippen molar-refractivity contribution >= 4 is 22.5 Å². The van der Waals surface area contributed by atoms with Gasteiger partial charge >= 0.3 is 0 Å². The topological polar surface area (TPSA) is 24.9 Å². The Kier molecular flexibility index (Phi) is 6.72. The molecule has 1 unspecified atom stereocenters. The zero-order valence-electron chi connectivity index (χ0n) is 29.5. The van der Waals surface area contributed by atoms with Crippen LogP contribution in [-0.2, 0) is 11.0 Å². The minimum atomic E-state index is -0.828. The molecule has 0 amide bonds. The van der Waals surface area contributed by atoms with E-state index in [4.69, 9.17) is 9.47 Å². The van der Waals surface area contributed by atoms with Gasteiger partial charge in [0, 0.05) is 58.4 Å². The monoisotopic (exact) mass is 634 g/mol. The summed E-state index contributed by atoms with van der Waals surface area (Å²) in [6, 6.07) is 35.2. The maximum Gasteiger partial charge on any atom is 0.178 e. The first-order valence-electron chi connectivity index (χ1n) is 17.2. The van der Waals surface area contributed by atoms with Gasteiger partial charge in [0.05, 0.1) is 7.11 Å². The van der Waals surface area contributed by atoms with Gasteiger partial charge < -0.3 is 14.4 Å². The number of anilines is 1. The highest BCUT2D eigenvalue weighted by Crippen LogP contribution is 2.64. The third-order valence-corrected chi connectivity index (χ3v) is 11.8. The number of benzene rings is 5. The van der Waals surface area contributed by atoms with Crippen LogP contribution >= 0.6 is 0 Å². The molecule has 0 aromatic heterocycles. The van der Waals surface area contributed by atoms with Crippen LogP contribution in [0.4, 0.5) is 5.69 Å². The molecule has 1 atom stereocenters. The maximum absolute atomic E-state index is 7.61. The van der Waals surface area contributed by atoms with E-state index in [0.29, 0.717) is 0 Å². The molecule has 3 aliphatic rings. The molecule has 0 N–H and O–H groups in total. The van der Waals surface area contributed by atoms with Gasteiger partial charge in [0.2, 0.25) is 0 Å². The lowest BCUT2D eigenvalue weighted by molar-refractivity contribution is -0.0318. The first kappa shape index (κ1) is 30.8. The number of ether oxygens (including phenoxy) is 2. The molecule has 5 aromatic rings. The number of hydrogen-bond donors (Lipinski definition) is 0. The summed E-state index contributed by atoms with van der Waals surface area (Å²) < 4.78 is 13.2. The fraction of sp³-hybridized carbons (Fsp3) is 0.318. The van der Waals surface area contributed by atoms with Crippen molar-refractivity contribution in [3.05, 3.63) is 131 Å². The van der Waals surface area contributed by atoms with Crippen molar-refractivity contribution < 1.29 is 9.47 Å². The largest absolute Gasteiger partial charge is 0.497 e. The van der Waals surface area contributed by atoms with Crippen LogP contribution in [0.1, 0.15) is 68.4 Å². The Balaban J connectivity index is 1.44. The zero-order valence-corrected chi connectivity index (χ0v) is 29.5. The fourth-order valence-electron chi connectivity index (χ4n) is 9.41. The molecule has 5 aromatic carbocycles. The summed E-state index contributed by atoms with van der Waals surface area (Å²) >= 11 is 0. The second kappa shape index (κ2) is 10.5. The summed E-state index contributed by atoms with van der Waals surface area (Å²) in [5.74, 6) is 1.79. The lowest BCUT2D eigenvalue weighted by Gasteiger charge is -2.58. The van der Waals surface area contributed by atoms with Gasteiger partial charge in [-0.15, -0.1) is 0 Å². The number of fused-ring (bicyclic) bond motifs is 10. The van der Waals surface area contributed by atoms with E-state index in [2.05, 4.69) is 156 Å². The van der Waals surface area contributed by atoms with E-state index in [1.54, 1.807) is 7.11 Å². The Hall–Kier alpha value is -4.54. The van der Waals surface area contributed by atoms with Crippen molar-refractivity contribution in [2.75, 3.05) is 33.2 Å². The number of likely N-dealkylation sites (tertiary alicyclic amines) is 1. The number of piperidine rings is 1. The highest BCUT2D eigenvalue weighted by atomic mass is 16.5. The molecule has 0 radical (unpaired) electrons. The number of nitrogens with zero attached hydrogens (tertiary/aromatic N) is 2. The molecular formula is C44H46N2O2. The van der Waals surface area contributed by atoms with Crippen LogP contribution in [0, 0.1) is 0 Å². The molecule has 48 heavy (non-hydrogen) atoms. The van der Waals surface area contributed by atoms with E-state index < -0.39 is 5.60 Å². The first-order chi connectivity index (χ1) is 22.9. The standard InChI is InChI=1S/C44H46N2O2/c1-41(2)27-43(28-42(3,4)46(41)7)37-16-12-11-15-35(37)38-33-13-9-10-14-34(33)40-36(39(38)43)25-26-44(48-40,30-19-23-32(47-8)24-20-30)29-17-21-31(22-18-29)45(5)6/h9-26H,27-28H2,1-8H3. The molecule has 4 heteroatoms. The van der Waals surface area contributed by atoms with Crippen LogP contribution in [0.15, 0.2) is 103 Å². The minimum Gasteiger partial charge on any atom is -0.497 e. The van der Waals surface area contributed by atoms with Gasteiger partial charge in [-0.25, -0.2) is 0 Å². The lowest BCUT2D eigenvalue weighted by Crippen LogP contribution is -2.62. The van der Waals surface area contributed by atoms with Crippen LogP contribution in [0.5, 0.6) is 11.5 Å². The summed E-state index contributed by atoms with van der Waals surface area (Å²) in [5, 5.41) is 2.41. The fourth-order valence-corrected chi connectivity index (χ4v) is 9.41. The summed E-state index contributed by atoms with van der Waals surface area (Å²) in [5.41, 5.74) is 9.09. The lowest BCUT2D eigenvalue weighted by atomic mass is 9.59. The Labute approximate surface area is 285 Å². The molecule has 1 aliphatic carbocycles. The third-order valence-electron chi connectivity index (χ3n) is 11.8. The van der Waals surface area contributed by atoms with Crippen LogP contribution in [0.3, 0.4) is 0 Å². The van der Waals surface area contributed by atoms with Gasteiger partial charge in [-0.3, -0.25) is 4.90 Å². The molecule has 4 nitrogen and oxygen atoms in total. The van der Waals surface area contributed by atoms with Crippen LogP contribution in [-0.4, -0.2) is 44.2 Å². The smallest absolute Gasteiger partial charge is 0.178 e. The molecule has 2 aliphatic heterocycles. The first-order valence-corrected chi connectivity index (χ1v) is 17.2. The second-order valence-corrected chi connectivity index (χ2v) is 15.5. The van der Waals surface area contributed by atoms with Gasteiger partial charge in [-0.2, -0.15) is 0 Å². The van der Waals surface area contributed by atoms with E-state index in [1.165, 1.54) is 33.2 Å². The molecule has 244 valence electrons. The Morgan fingerprint density at radius 2 is 1.31 bits per heavy atom. The SMILES string of the molecule is COc1ccc(C2(c3ccc(N(C)C)cc3)C=Cc3c4c(c5ccccc5c3O2)-c2ccccc2C42CC(C)(C)N(C)C(C)(C)C2)cc1. The van der Waals surface area contributed by atoms with Gasteiger partial charge in [0.25, 0.3) is 0 Å². The maximum atomic E-state index is 7.61. The van der Waals surface area contributed by atoms with Crippen molar-refractivity contribution in [2.45, 2.75) is 62.6 Å². The number of rotatable bonds is 4. The van der Waals surface area contributed by atoms with Crippen molar-refractivity contribution in [1.29, 1.82) is 0 Å². The van der Waals surface area contributed by atoms with Gasteiger partial charge in [0.1, 0.15) is 11.5 Å². The summed E-state index contributed by atoms with van der Waals surface area (Å²) in [6.45, 7) is 9.68. The second-order valence-electron chi connectivity index (χ2n) is 15.5. The Morgan fingerprint density at radius 3 is 1.94 bits per heavy atom.